The Morgan fingerprint density at radius 1 is 1.30 bits per heavy atom. The van der Waals surface area contributed by atoms with E-state index in [9.17, 15) is 13.2 Å². The lowest BCUT2D eigenvalue weighted by molar-refractivity contribution is -0.274. The van der Waals surface area contributed by atoms with E-state index in [1.165, 1.54) is 24.3 Å². The Hall–Kier alpha value is -1.76. The third-order valence-corrected chi connectivity index (χ3v) is 2.92. The van der Waals surface area contributed by atoms with E-state index in [-0.39, 0.29) is 17.0 Å². The molecule has 1 heterocycles. The molecular formula is C12H10ClF3N2O2. The molecule has 1 unspecified atom stereocenters. The van der Waals surface area contributed by atoms with Crippen LogP contribution in [0.2, 0.25) is 0 Å². The minimum absolute atomic E-state index is 0.192. The van der Waals surface area contributed by atoms with Gasteiger partial charge in [-0.25, -0.2) is 0 Å². The molecule has 8 heteroatoms. The number of alkyl halides is 4. The molecule has 0 amide bonds. The molecule has 0 bridgehead atoms. The van der Waals surface area contributed by atoms with Gasteiger partial charge in [-0.1, -0.05) is 12.1 Å². The molecule has 2 rings (SSSR count). The maximum absolute atomic E-state index is 12.0. The predicted octanol–water partition coefficient (Wildman–Crippen LogP) is 4.33. The second-order valence-electron chi connectivity index (χ2n) is 3.91. The highest BCUT2D eigenvalue weighted by Crippen LogP contribution is 2.27. The summed E-state index contributed by atoms with van der Waals surface area (Å²) in [7, 11) is 0. The van der Waals surface area contributed by atoms with Crippen LogP contribution < -0.4 is 4.74 Å². The first kappa shape index (κ1) is 14.6. The van der Waals surface area contributed by atoms with Gasteiger partial charge in [-0.05, 0) is 30.7 Å². The smallest absolute Gasteiger partial charge is 0.406 e. The number of ether oxygens (including phenoxy) is 1. The van der Waals surface area contributed by atoms with Crippen LogP contribution >= 0.6 is 11.6 Å². The van der Waals surface area contributed by atoms with Gasteiger partial charge in [0.15, 0.2) is 5.82 Å². The number of nitrogens with zero attached hydrogens (tertiary/aromatic N) is 2. The fourth-order valence-corrected chi connectivity index (χ4v) is 1.55. The number of halogens is 4. The maximum atomic E-state index is 12.0. The summed E-state index contributed by atoms with van der Waals surface area (Å²) in [5.41, 5.74) is 0.484. The molecule has 2 aromatic rings. The fourth-order valence-electron chi connectivity index (χ4n) is 1.46. The monoisotopic (exact) mass is 306 g/mol. The number of hydrogen-bond donors (Lipinski definition) is 0. The average Bonchev–Trinajstić information content (AvgIpc) is 2.86. The van der Waals surface area contributed by atoms with Crippen LogP contribution in [0.25, 0.3) is 11.5 Å². The zero-order valence-electron chi connectivity index (χ0n) is 10.3. The molecule has 0 saturated heterocycles. The lowest BCUT2D eigenvalue weighted by atomic mass is 10.2. The lowest BCUT2D eigenvalue weighted by Gasteiger charge is -2.08. The zero-order valence-corrected chi connectivity index (χ0v) is 11.1. The Morgan fingerprint density at radius 2 is 1.95 bits per heavy atom. The van der Waals surface area contributed by atoms with E-state index in [0.29, 0.717) is 17.8 Å². The molecule has 0 spiro atoms. The quantitative estimate of drug-likeness (QED) is 0.789. The fraction of sp³-hybridized carbons (Fsp3) is 0.333. The van der Waals surface area contributed by atoms with Crippen molar-refractivity contribution in [2.75, 3.05) is 0 Å². The first-order valence-corrected chi connectivity index (χ1v) is 6.16. The SMILES string of the molecule is CCC(Cl)c1noc(-c2ccc(OC(F)(F)F)cc2)n1. The molecule has 0 aliphatic heterocycles. The number of rotatable bonds is 4. The first-order valence-electron chi connectivity index (χ1n) is 5.73. The molecule has 0 aliphatic rings. The van der Waals surface area contributed by atoms with Gasteiger partial charge in [0, 0.05) is 5.56 Å². The molecule has 1 aromatic carbocycles. The standard InChI is InChI=1S/C12H10ClF3N2O2/c1-2-9(13)10-17-11(20-18-10)7-3-5-8(6-4-7)19-12(14,15)16/h3-6,9H,2H2,1H3. The Bertz CT molecular complexity index is 569. The molecule has 0 aliphatic carbocycles. The zero-order chi connectivity index (χ0) is 14.8. The third-order valence-electron chi connectivity index (χ3n) is 2.42. The van der Waals surface area contributed by atoms with Crippen molar-refractivity contribution < 1.29 is 22.4 Å². The van der Waals surface area contributed by atoms with Crippen LogP contribution in [0.1, 0.15) is 24.5 Å². The topological polar surface area (TPSA) is 48.2 Å². The number of aromatic nitrogens is 2. The van der Waals surface area contributed by atoms with E-state index >= 15 is 0 Å². The van der Waals surface area contributed by atoms with Crippen LogP contribution in [0, 0.1) is 0 Å². The first-order chi connectivity index (χ1) is 9.39. The highest BCUT2D eigenvalue weighted by Gasteiger charge is 2.31. The van der Waals surface area contributed by atoms with Gasteiger partial charge in [-0.2, -0.15) is 4.98 Å². The summed E-state index contributed by atoms with van der Waals surface area (Å²) in [6.07, 6.45) is -4.08. The minimum atomic E-state index is -4.72. The van der Waals surface area contributed by atoms with Crippen LogP contribution in [-0.4, -0.2) is 16.5 Å². The summed E-state index contributed by atoms with van der Waals surface area (Å²) < 4.78 is 44.8. The second-order valence-corrected chi connectivity index (χ2v) is 4.43. The normalized spacial score (nSPS) is 13.2. The van der Waals surface area contributed by atoms with E-state index in [4.69, 9.17) is 16.1 Å². The molecule has 20 heavy (non-hydrogen) atoms. The molecule has 4 nitrogen and oxygen atoms in total. The van der Waals surface area contributed by atoms with E-state index in [1.54, 1.807) is 0 Å². The van der Waals surface area contributed by atoms with Crippen LogP contribution in [-0.2, 0) is 0 Å². The summed E-state index contributed by atoms with van der Waals surface area (Å²) in [4.78, 5) is 4.08. The van der Waals surface area contributed by atoms with Gasteiger partial charge in [0.2, 0.25) is 0 Å². The van der Waals surface area contributed by atoms with E-state index < -0.39 is 6.36 Å². The largest absolute Gasteiger partial charge is 0.573 e. The molecule has 1 atom stereocenters. The van der Waals surface area contributed by atoms with Crippen molar-refractivity contribution in [3.8, 4) is 17.2 Å². The highest BCUT2D eigenvalue weighted by atomic mass is 35.5. The van der Waals surface area contributed by atoms with Crippen LogP contribution in [0.5, 0.6) is 5.75 Å². The lowest BCUT2D eigenvalue weighted by Crippen LogP contribution is -2.16. The molecule has 0 radical (unpaired) electrons. The number of hydrogen-bond acceptors (Lipinski definition) is 4. The minimum Gasteiger partial charge on any atom is -0.406 e. The van der Waals surface area contributed by atoms with Crippen LogP contribution in [0.3, 0.4) is 0 Å². The highest BCUT2D eigenvalue weighted by molar-refractivity contribution is 6.20. The molecular weight excluding hydrogens is 297 g/mol. The van der Waals surface area contributed by atoms with Gasteiger partial charge >= 0.3 is 6.36 Å². The van der Waals surface area contributed by atoms with Gasteiger partial charge in [-0.3, -0.25) is 0 Å². The van der Waals surface area contributed by atoms with Crippen molar-refractivity contribution >= 4 is 11.6 Å². The van der Waals surface area contributed by atoms with Crippen molar-refractivity contribution in [1.82, 2.24) is 10.1 Å². The summed E-state index contributed by atoms with van der Waals surface area (Å²) in [6.45, 7) is 1.87. The Kier molecular flexibility index (Phi) is 4.17. The molecule has 0 N–H and O–H groups in total. The second kappa shape index (κ2) is 5.70. The average molecular weight is 307 g/mol. The predicted molar refractivity (Wildman–Crippen MR) is 65.3 cm³/mol. The van der Waals surface area contributed by atoms with Crippen molar-refractivity contribution in [2.24, 2.45) is 0 Å². The van der Waals surface area contributed by atoms with Crippen LogP contribution in [0.15, 0.2) is 28.8 Å². The molecule has 108 valence electrons. The van der Waals surface area contributed by atoms with E-state index in [1.807, 2.05) is 6.92 Å². The van der Waals surface area contributed by atoms with Gasteiger partial charge in [0.05, 0.1) is 5.38 Å². The molecule has 0 saturated carbocycles. The van der Waals surface area contributed by atoms with E-state index in [0.717, 1.165) is 0 Å². The van der Waals surface area contributed by atoms with Crippen molar-refractivity contribution in [3.05, 3.63) is 30.1 Å². The van der Waals surface area contributed by atoms with Crippen LogP contribution in [0.4, 0.5) is 13.2 Å². The van der Waals surface area contributed by atoms with Gasteiger partial charge < -0.3 is 9.26 Å². The van der Waals surface area contributed by atoms with Gasteiger partial charge in [0.1, 0.15) is 5.75 Å². The summed E-state index contributed by atoms with van der Waals surface area (Å²) in [5.74, 6) is 0.224. The Labute approximate surface area is 117 Å². The summed E-state index contributed by atoms with van der Waals surface area (Å²) in [6, 6.07) is 5.14. The maximum Gasteiger partial charge on any atom is 0.573 e. The molecule has 0 fully saturated rings. The van der Waals surface area contributed by atoms with Crippen molar-refractivity contribution in [3.63, 3.8) is 0 Å². The van der Waals surface area contributed by atoms with E-state index in [2.05, 4.69) is 14.9 Å². The molecule has 1 aromatic heterocycles. The number of benzene rings is 1. The van der Waals surface area contributed by atoms with Crippen molar-refractivity contribution in [1.29, 1.82) is 0 Å². The van der Waals surface area contributed by atoms with Crippen molar-refractivity contribution in [2.45, 2.75) is 25.1 Å². The summed E-state index contributed by atoms with van der Waals surface area (Å²) >= 11 is 5.96. The Balaban J connectivity index is 2.15. The Morgan fingerprint density at radius 3 is 2.50 bits per heavy atom. The van der Waals surface area contributed by atoms with Gasteiger partial charge in [-0.15, -0.1) is 24.8 Å². The third kappa shape index (κ3) is 3.63. The van der Waals surface area contributed by atoms with Gasteiger partial charge in [0.25, 0.3) is 5.89 Å². The summed E-state index contributed by atoms with van der Waals surface area (Å²) in [5, 5.41) is 3.36.